The number of nitriles is 1. The summed E-state index contributed by atoms with van der Waals surface area (Å²) in [7, 11) is -4.38. The van der Waals surface area contributed by atoms with E-state index in [0.717, 1.165) is 20.0 Å². The van der Waals surface area contributed by atoms with Crippen molar-refractivity contribution in [3.63, 3.8) is 0 Å². The SMILES string of the molecule is Cc1cn([C@H]2C[C@H](OP(=O)(OC[C@H]3O[C@@H](n4cc(C)c(=O)[nH]c4=O)C[C@@H]3O)C(CC#N)Cc3cc4ccccc4[nH]3)[C@@H](CO)O2)c(=O)[nH]c1=O. The molecule has 0 aliphatic carbocycles. The molecule has 5 heterocycles. The number of hydrogen-bond acceptors (Lipinski definition) is 12. The van der Waals surface area contributed by atoms with Crippen molar-refractivity contribution in [1.82, 2.24) is 24.1 Å². The van der Waals surface area contributed by atoms with E-state index in [-0.39, 0.29) is 36.8 Å². The lowest BCUT2D eigenvalue weighted by Gasteiger charge is -2.30. The van der Waals surface area contributed by atoms with Crippen molar-refractivity contribution >= 4 is 18.5 Å². The molecule has 8 atom stereocenters. The Bertz CT molecular complexity index is 2170. The van der Waals surface area contributed by atoms with Gasteiger partial charge >= 0.3 is 19.0 Å². The second-order valence-corrected chi connectivity index (χ2v) is 14.8. The van der Waals surface area contributed by atoms with E-state index in [2.05, 4.69) is 21.0 Å². The van der Waals surface area contributed by atoms with E-state index in [0.29, 0.717) is 5.69 Å². The largest absolute Gasteiger partial charge is 0.394 e. The summed E-state index contributed by atoms with van der Waals surface area (Å²) in [5.41, 5.74) is -1.67. The smallest absolute Gasteiger partial charge is 0.335 e. The van der Waals surface area contributed by atoms with Gasteiger partial charge in [-0.05, 0) is 31.4 Å². The van der Waals surface area contributed by atoms with E-state index in [1.807, 2.05) is 30.3 Å². The molecule has 18 heteroatoms. The Morgan fingerprint density at radius 3 is 2.22 bits per heavy atom. The van der Waals surface area contributed by atoms with Crippen molar-refractivity contribution < 1.29 is 33.3 Å². The summed E-state index contributed by atoms with van der Waals surface area (Å²) >= 11 is 0. The molecular formula is C32H37N6O11P. The molecule has 2 aliphatic rings. The normalized spacial score (nSPS) is 25.4. The van der Waals surface area contributed by atoms with E-state index < -0.39 is 85.8 Å². The molecule has 0 amide bonds. The van der Waals surface area contributed by atoms with Crippen LogP contribution in [0, 0.1) is 25.2 Å². The lowest BCUT2D eigenvalue weighted by Crippen LogP contribution is -2.33. The summed E-state index contributed by atoms with van der Waals surface area (Å²) in [4.78, 5) is 56.6. The van der Waals surface area contributed by atoms with Crippen LogP contribution in [0.25, 0.3) is 10.9 Å². The third-order valence-electron chi connectivity index (χ3n) is 8.99. The van der Waals surface area contributed by atoms with Crippen LogP contribution in [-0.4, -0.2) is 77.6 Å². The first kappa shape index (κ1) is 35.4. The van der Waals surface area contributed by atoms with E-state index in [1.165, 1.54) is 26.2 Å². The van der Waals surface area contributed by atoms with Gasteiger partial charge in [0.2, 0.25) is 0 Å². The first-order valence-corrected chi connectivity index (χ1v) is 17.6. The van der Waals surface area contributed by atoms with Gasteiger partial charge in [0.05, 0.1) is 37.1 Å². The maximum Gasteiger partial charge on any atom is 0.335 e. The van der Waals surface area contributed by atoms with Crippen molar-refractivity contribution in [2.24, 2.45) is 0 Å². The topological polar surface area (TPSA) is 244 Å². The number of aliphatic hydroxyl groups excluding tert-OH is 2. The standard InChI is InChI=1S/C32H37N6O11P/c1-17-13-37(31(43)35-29(17)41)27-11-23(40)26(48-27)16-46-50(45,21(7-8-33)10-20-9-19-5-3-4-6-22(19)34-20)49-24-12-28(47-25(24)15-39)38-14-18(2)30(42)36-32(38)44/h3-6,9,13-14,21,23-28,34,39-40H,7,10-12,15-16H2,1-2H3,(H,35,41,43)(H,36,42,44)/t21?,23-,24-,25+,26+,27+,28+,50?/m0/s1. The lowest BCUT2D eigenvalue weighted by molar-refractivity contribution is -0.0531. The number of rotatable bonds is 12. The first-order valence-electron chi connectivity index (χ1n) is 16.0. The summed E-state index contributed by atoms with van der Waals surface area (Å²) in [6.07, 6.45) is -4.08. The number of hydrogen-bond donors (Lipinski definition) is 5. The maximum atomic E-state index is 15.0. The fourth-order valence-electron chi connectivity index (χ4n) is 6.27. The zero-order valence-corrected chi connectivity index (χ0v) is 28.1. The predicted molar refractivity (Wildman–Crippen MR) is 177 cm³/mol. The van der Waals surface area contributed by atoms with E-state index in [4.69, 9.17) is 18.5 Å². The number of aliphatic hydroxyl groups is 2. The number of nitrogens with one attached hydrogen (secondary N) is 3. The van der Waals surface area contributed by atoms with Crippen LogP contribution in [-0.2, 0) is 29.5 Å². The molecule has 3 aromatic heterocycles. The van der Waals surface area contributed by atoms with Crippen molar-refractivity contribution in [2.75, 3.05) is 13.2 Å². The monoisotopic (exact) mass is 712 g/mol. The van der Waals surface area contributed by atoms with E-state index >= 15 is 4.57 Å². The zero-order valence-electron chi connectivity index (χ0n) is 27.2. The minimum Gasteiger partial charge on any atom is -0.394 e. The van der Waals surface area contributed by atoms with Gasteiger partial charge in [-0.2, -0.15) is 5.26 Å². The molecule has 2 fully saturated rings. The Balaban J connectivity index is 1.28. The number of aryl methyl sites for hydroxylation is 2. The third kappa shape index (κ3) is 7.23. The van der Waals surface area contributed by atoms with Crippen LogP contribution in [0.2, 0.25) is 0 Å². The van der Waals surface area contributed by atoms with Crippen LogP contribution < -0.4 is 22.5 Å². The number of ether oxygens (including phenoxy) is 2. The molecule has 4 aromatic rings. The highest BCUT2D eigenvalue weighted by molar-refractivity contribution is 7.54. The fraction of sp³-hybridized carbons (Fsp3) is 0.469. The van der Waals surface area contributed by atoms with E-state index in [1.54, 1.807) is 0 Å². The van der Waals surface area contributed by atoms with Crippen LogP contribution >= 0.6 is 7.60 Å². The highest BCUT2D eigenvalue weighted by Gasteiger charge is 2.47. The molecule has 0 spiro atoms. The number of aromatic amines is 3. The second-order valence-electron chi connectivity index (χ2n) is 12.5. The van der Waals surface area contributed by atoms with Gasteiger partial charge in [0.1, 0.15) is 24.7 Å². The lowest BCUT2D eigenvalue weighted by atomic mass is 10.2. The molecule has 0 bridgehead atoms. The van der Waals surface area contributed by atoms with Crippen LogP contribution in [0.4, 0.5) is 0 Å². The Kier molecular flexibility index (Phi) is 10.2. The van der Waals surface area contributed by atoms with Gasteiger partial charge in [-0.15, -0.1) is 0 Å². The zero-order chi connectivity index (χ0) is 35.7. The molecule has 2 saturated heterocycles. The fourth-order valence-corrected chi connectivity index (χ4v) is 8.39. The van der Waals surface area contributed by atoms with Crippen molar-refractivity contribution in [1.29, 1.82) is 5.26 Å². The quantitative estimate of drug-likeness (QED) is 0.130. The molecule has 0 saturated carbocycles. The Hall–Kier alpha value is -4.40. The van der Waals surface area contributed by atoms with Gasteiger partial charge in [-0.3, -0.25) is 33.3 Å². The molecule has 2 aliphatic heterocycles. The van der Waals surface area contributed by atoms with Crippen molar-refractivity contribution in [3.8, 4) is 6.07 Å². The van der Waals surface area contributed by atoms with Crippen LogP contribution in [0.15, 0.2) is 61.9 Å². The van der Waals surface area contributed by atoms with E-state index in [9.17, 15) is 34.7 Å². The van der Waals surface area contributed by atoms with Gasteiger partial charge in [-0.1, -0.05) is 18.2 Å². The van der Waals surface area contributed by atoms with Gasteiger partial charge in [0.15, 0.2) is 0 Å². The summed E-state index contributed by atoms with van der Waals surface area (Å²) in [5.74, 6) is 0. The third-order valence-corrected chi connectivity index (χ3v) is 11.3. The summed E-state index contributed by atoms with van der Waals surface area (Å²) in [5, 5.41) is 31.9. The first-order chi connectivity index (χ1) is 23.9. The number of benzene rings is 1. The Morgan fingerprint density at radius 1 is 0.980 bits per heavy atom. The Morgan fingerprint density at radius 2 is 1.60 bits per heavy atom. The minimum atomic E-state index is -4.38. The highest BCUT2D eigenvalue weighted by Crippen LogP contribution is 2.58. The summed E-state index contributed by atoms with van der Waals surface area (Å²) in [6.45, 7) is 1.98. The number of nitrogens with zero attached hydrogens (tertiary/aromatic N) is 3. The molecule has 50 heavy (non-hydrogen) atoms. The average Bonchev–Trinajstić information content (AvgIpc) is 3.79. The van der Waals surface area contributed by atoms with Gasteiger partial charge in [0, 0.05) is 60.4 Å². The molecular weight excluding hydrogens is 675 g/mol. The van der Waals surface area contributed by atoms with Gasteiger partial charge in [0.25, 0.3) is 11.1 Å². The minimum absolute atomic E-state index is 0.0423. The van der Waals surface area contributed by atoms with Gasteiger partial charge < -0.3 is 33.7 Å². The highest BCUT2D eigenvalue weighted by atomic mass is 31.2. The molecule has 5 N–H and O–H groups in total. The van der Waals surface area contributed by atoms with Crippen LogP contribution in [0.1, 0.15) is 48.5 Å². The number of H-pyrrole nitrogens is 3. The summed E-state index contributed by atoms with van der Waals surface area (Å²) in [6, 6.07) is 11.4. The number of para-hydroxylation sites is 1. The van der Waals surface area contributed by atoms with Crippen molar-refractivity contribution in [3.05, 3.63) is 101 Å². The van der Waals surface area contributed by atoms with Crippen LogP contribution in [0.3, 0.4) is 0 Å². The molecule has 266 valence electrons. The Labute approximate surface area is 283 Å². The second kappa shape index (κ2) is 14.4. The average molecular weight is 713 g/mol. The predicted octanol–water partition coefficient (Wildman–Crippen LogP) is 1.23. The molecule has 2 unspecified atom stereocenters. The number of fused-ring (bicyclic) bond motifs is 1. The maximum absolute atomic E-state index is 15.0. The number of aromatic nitrogens is 5. The van der Waals surface area contributed by atoms with Crippen LogP contribution in [0.5, 0.6) is 0 Å². The molecule has 0 radical (unpaired) electrons. The molecule has 17 nitrogen and oxygen atoms in total. The molecule has 6 rings (SSSR count). The van der Waals surface area contributed by atoms with Gasteiger partial charge in [-0.25, -0.2) is 9.59 Å². The molecule has 1 aromatic carbocycles. The van der Waals surface area contributed by atoms with Crippen molar-refractivity contribution in [2.45, 2.75) is 82.1 Å². The summed E-state index contributed by atoms with van der Waals surface area (Å²) < 4.78 is 41.4.